The molecular formula is C14H25N3O2S. The zero-order valence-corrected chi connectivity index (χ0v) is 13.6. The Morgan fingerprint density at radius 2 is 2.25 bits per heavy atom. The summed E-state index contributed by atoms with van der Waals surface area (Å²) in [6.07, 6.45) is 1.41. The smallest absolute Gasteiger partial charge is 0.246 e. The van der Waals surface area contributed by atoms with E-state index >= 15 is 0 Å². The molecule has 5 nitrogen and oxygen atoms in total. The van der Waals surface area contributed by atoms with Crippen LogP contribution < -0.4 is 5.73 Å². The molecule has 2 aliphatic rings. The molecule has 0 spiro atoms. The highest BCUT2D eigenvalue weighted by atomic mass is 32.2. The fourth-order valence-corrected chi connectivity index (χ4v) is 4.47. The van der Waals surface area contributed by atoms with Gasteiger partial charge in [0.25, 0.3) is 0 Å². The second-order valence-electron chi connectivity index (χ2n) is 6.83. The first-order valence-corrected chi connectivity index (χ1v) is 8.10. The SMILES string of the molecule is CN(CC(C)(C)CN)C(=O)C1CSC2(C)CCC(=O)N12. The van der Waals surface area contributed by atoms with Crippen LogP contribution in [-0.4, -0.2) is 58.4 Å². The minimum absolute atomic E-state index is 0.0398. The van der Waals surface area contributed by atoms with E-state index in [9.17, 15) is 9.59 Å². The summed E-state index contributed by atoms with van der Waals surface area (Å²) in [5.74, 6) is 0.856. The molecule has 6 heteroatoms. The Bertz CT molecular complexity index is 427. The third-order valence-electron chi connectivity index (χ3n) is 4.32. The molecule has 2 amide bonds. The van der Waals surface area contributed by atoms with E-state index in [1.807, 2.05) is 18.7 Å². The molecule has 2 N–H and O–H groups in total. The zero-order chi connectivity index (χ0) is 15.1. The maximum atomic E-state index is 12.6. The van der Waals surface area contributed by atoms with Crippen LogP contribution in [0.4, 0.5) is 0 Å². The van der Waals surface area contributed by atoms with Crippen LogP contribution in [0.5, 0.6) is 0 Å². The van der Waals surface area contributed by atoms with Crippen molar-refractivity contribution in [1.29, 1.82) is 0 Å². The van der Waals surface area contributed by atoms with Gasteiger partial charge in [-0.05, 0) is 25.3 Å². The van der Waals surface area contributed by atoms with Crippen LogP contribution >= 0.6 is 11.8 Å². The number of nitrogens with zero attached hydrogens (tertiary/aromatic N) is 2. The Morgan fingerprint density at radius 3 is 2.85 bits per heavy atom. The fraction of sp³-hybridized carbons (Fsp3) is 0.857. The third kappa shape index (κ3) is 2.68. The van der Waals surface area contributed by atoms with E-state index in [2.05, 4.69) is 6.92 Å². The molecule has 2 fully saturated rings. The highest BCUT2D eigenvalue weighted by Gasteiger charge is 2.53. The zero-order valence-electron chi connectivity index (χ0n) is 12.8. The summed E-state index contributed by atoms with van der Waals surface area (Å²) in [6.45, 7) is 7.31. The monoisotopic (exact) mass is 299 g/mol. The van der Waals surface area contributed by atoms with Crippen molar-refractivity contribution in [2.75, 3.05) is 25.9 Å². The van der Waals surface area contributed by atoms with Crippen molar-refractivity contribution in [3.63, 3.8) is 0 Å². The van der Waals surface area contributed by atoms with E-state index in [4.69, 9.17) is 5.73 Å². The second-order valence-corrected chi connectivity index (χ2v) is 8.33. The van der Waals surface area contributed by atoms with E-state index in [-0.39, 0.29) is 28.1 Å². The van der Waals surface area contributed by atoms with Gasteiger partial charge in [-0.3, -0.25) is 9.59 Å². The minimum Gasteiger partial charge on any atom is -0.343 e. The average Bonchev–Trinajstić information content (AvgIpc) is 2.86. The quantitative estimate of drug-likeness (QED) is 0.837. The van der Waals surface area contributed by atoms with E-state index in [1.165, 1.54) is 0 Å². The van der Waals surface area contributed by atoms with Crippen LogP contribution in [0.3, 0.4) is 0 Å². The van der Waals surface area contributed by atoms with Crippen LogP contribution in [-0.2, 0) is 9.59 Å². The van der Waals surface area contributed by atoms with Gasteiger partial charge in [0, 0.05) is 25.8 Å². The molecule has 0 aromatic rings. The summed E-state index contributed by atoms with van der Waals surface area (Å²) < 4.78 is 0. The van der Waals surface area contributed by atoms with Gasteiger partial charge in [-0.15, -0.1) is 11.8 Å². The molecule has 20 heavy (non-hydrogen) atoms. The molecule has 2 rings (SSSR count). The molecule has 2 heterocycles. The van der Waals surface area contributed by atoms with E-state index in [0.29, 0.717) is 25.3 Å². The highest BCUT2D eigenvalue weighted by molar-refractivity contribution is 8.01. The fourth-order valence-electron chi connectivity index (χ4n) is 3.04. The summed E-state index contributed by atoms with van der Waals surface area (Å²) >= 11 is 1.73. The van der Waals surface area contributed by atoms with Crippen LogP contribution in [0.25, 0.3) is 0 Å². The van der Waals surface area contributed by atoms with Crippen molar-refractivity contribution in [2.24, 2.45) is 11.1 Å². The van der Waals surface area contributed by atoms with Gasteiger partial charge >= 0.3 is 0 Å². The Morgan fingerprint density at radius 1 is 1.60 bits per heavy atom. The molecule has 0 aromatic carbocycles. The molecule has 2 aliphatic heterocycles. The van der Waals surface area contributed by atoms with Crippen molar-refractivity contribution in [1.82, 2.24) is 9.80 Å². The Labute approximate surface area is 125 Å². The third-order valence-corrected chi connectivity index (χ3v) is 5.83. The minimum atomic E-state index is -0.307. The normalized spacial score (nSPS) is 29.8. The van der Waals surface area contributed by atoms with Gasteiger partial charge in [0.05, 0.1) is 4.87 Å². The molecule has 0 radical (unpaired) electrons. The first-order valence-electron chi connectivity index (χ1n) is 7.11. The molecular weight excluding hydrogens is 274 g/mol. The number of rotatable bonds is 4. The van der Waals surface area contributed by atoms with Gasteiger partial charge < -0.3 is 15.5 Å². The lowest BCUT2D eigenvalue weighted by Gasteiger charge is -2.34. The van der Waals surface area contributed by atoms with Crippen molar-refractivity contribution in [3.05, 3.63) is 0 Å². The summed E-state index contributed by atoms with van der Waals surface area (Å²) in [5, 5.41) is 0. The Balaban J connectivity index is 2.08. The first-order chi connectivity index (χ1) is 9.20. The van der Waals surface area contributed by atoms with Crippen molar-refractivity contribution < 1.29 is 9.59 Å². The van der Waals surface area contributed by atoms with Crippen molar-refractivity contribution in [2.45, 2.75) is 44.5 Å². The number of likely N-dealkylation sites (N-methyl/N-ethyl adjacent to an activating group) is 1. The number of carbonyl (C=O) groups is 2. The summed E-state index contributed by atoms with van der Waals surface area (Å²) in [5.41, 5.74) is 5.63. The second kappa shape index (κ2) is 5.22. The number of hydrogen-bond donors (Lipinski definition) is 1. The van der Waals surface area contributed by atoms with Crippen LogP contribution in [0.1, 0.15) is 33.6 Å². The predicted molar refractivity (Wildman–Crippen MR) is 81.2 cm³/mol. The molecule has 0 aromatic heterocycles. The number of nitrogens with two attached hydrogens (primary N) is 1. The topological polar surface area (TPSA) is 66.6 Å². The molecule has 2 atom stereocenters. The molecule has 2 saturated heterocycles. The number of fused-ring (bicyclic) bond motifs is 1. The lowest BCUT2D eigenvalue weighted by Crippen LogP contribution is -2.52. The van der Waals surface area contributed by atoms with Crippen molar-refractivity contribution >= 4 is 23.6 Å². The lowest BCUT2D eigenvalue weighted by molar-refractivity contribution is -0.143. The first kappa shape index (κ1) is 15.6. The molecule has 0 aliphatic carbocycles. The molecule has 114 valence electrons. The molecule has 0 bridgehead atoms. The average molecular weight is 299 g/mol. The highest BCUT2D eigenvalue weighted by Crippen LogP contribution is 2.47. The van der Waals surface area contributed by atoms with Gasteiger partial charge in [0.2, 0.25) is 11.8 Å². The molecule has 0 saturated carbocycles. The van der Waals surface area contributed by atoms with Gasteiger partial charge in [-0.2, -0.15) is 0 Å². The number of thioether (sulfide) groups is 1. The van der Waals surface area contributed by atoms with E-state index in [1.54, 1.807) is 23.7 Å². The number of carbonyl (C=O) groups excluding carboxylic acids is 2. The predicted octanol–water partition coefficient (Wildman–Crippen LogP) is 0.884. The maximum Gasteiger partial charge on any atom is 0.246 e. The van der Waals surface area contributed by atoms with Gasteiger partial charge in [0.15, 0.2) is 0 Å². The number of hydrogen-bond acceptors (Lipinski definition) is 4. The molecule has 2 unspecified atom stereocenters. The van der Waals surface area contributed by atoms with E-state index in [0.717, 1.165) is 6.42 Å². The standard InChI is InChI=1S/C14H25N3O2S/c1-13(2,8-15)9-16(4)12(19)10-7-20-14(3)6-5-11(18)17(10)14/h10H,5-9,15H2,1-4H3. The largest absolute Gasteiger partial charge is 0.343 e. The number of amides is 2. The van der Waals surface area contributed by atoms with Crippen molar-refractivity contribution in [3.8, 4) is 0 Å². The summed E-state index contributed by atoms with van der Waals surface area (Å²) in [7, 11) is 1.81. The van der Waals surface area contributed by atoms with Gasteiger partial charge in [-0.25, -0.2) is 0 Å². The maximum absolute atomic E-state index is 12.6. The summed E-state index contributed by atoms with van der Waals surface area (Å²) in [6, 6.07) is -0.307. The van der Waals surface area contributed by atoms with Gasteiger partial charge in [-0.1, -0.05) is 13.8 Å². The van der Waals surface area contributed by atoms with Crippen LogP contribution in [0, 0.1) is 5.41 Å². The van der Waals surface area contributed by atoms with E-state index < -0.39 is 0 Å². The van der Waals surface area contributed by atoms with Crippen LogP contribution in [0.15, 0.2) is 0 Å². The summed E-state index contributed by atoms with van der Waals surface area (Å²) in [4.78, 5) is 28.1. The Kier molecular flexibility index (Phi) is 4.08. The van der Waals surface area contributed by atoms with Gasteiger partial charge in [0.1, 0.15) is 6.04 Å². The lowest BCUT2D eigenvalue weighted by atomic mass is 9.93. The Hall–Kier alpha value is -0.750. The van der Waals surface area contributed by atoms with Crippen LogP contribution in [0.2, 0.25) is 0 Å².